The number of benzene rings is 1. The number of Topliss-reactive ketones (excluding diaryl/α,β-unsaturated/α-hetero) is 1. The van der Waals surface area contributed by atoms with Gasteiger partial charge in [0, 0.05) is 24.6 Å². The van der Waals surface area contributed by atoms with E-state index in [9.17, 15) is 4.79 Å². The lowest BCUT2D eigenvalue weighted by Crippen LogP contribution is -2.05. The molecule has 0 radical (unpaired) electrons. The Morgan fingerprint density at radius 3 is 2.89 bits per heavy atom. The van der Waals surface area contributed by atoms with Crippen LogP contribution in [0.4, 0.5) is 0 Å². The first-order valence-corrected chi connectivity index (χ1v) is 6.88. The Labute approximate surface area is 115 Å². The van der Waals surface area contributed by atoms with Crippen molar-refractivity contribution in [3.8, 4) is 0 Å². The molecule has 0 amide bonds. The summed E-state index contributed by atoms with van der Waals surface area (Å²) in [5, 5.41) is 4.73. The molecule has 1 aromatic carbocycles. The van der Waals surface area contributed by atoms with Crippen molar-refractivity contribution in [2.45, 2.75) is 11.3 Å². The number of aromatic nitrogens is 2. The van der Waals surface area contributed by atoms with Crippen molar-refractivity contribution in [3.05, 3.63) is 47.2 Å². The van der Waals surface area contributed by atoms with Crippen LogP contribution in [0.25, 0.3) is 0 Å². The molecule has 1 heterocycles. The van der Waals surface area contributed by atoms with Crippen molar-refractivity contribution in [3.63, 3.8) is 0 Å². The van der Waals surface area contributed by atoms with Gasteiger partial charge in [-0.25, -0.2) is 0 Å². The molecule has 0 aliphatic carbocycles. The molecule has 0 unspecified atom stereocenters. The van der Waals surface area contributed by atoms with Gasteiger partial charge in [0.2, 0.25) is 0 Å². The van der Waals surface area contributed by atoms with Gasteiger partial charge >= 0.3 is 0 Å². The van der Waals surface area contributed by atoms with E-state index in [0.29, 0.717) is 17.2 Å². The summed E-state index contributed by atoms with van der Waals surface area (Å²) in [7, 11) is 1.84. The molecular formula is C13H13ClN2OS. The Hall–Kier alpha value is -1.26. The molecule has 2 aromatic rings. The minimum atomic E-state index is 0.174. The number of carbonyl (C=O) groups excluding carboxylic acids is 1. The molecule has 0 bridgehead atoms. The fourth-order valence-corrected chi connectivity index (χ4v) is 2.66. The van der Waals surface area contributed by atoms with Gasteiger partial charge in [-0.3, -0.25) is 9.48 Å². The molecule has 3 nitrogen and oxygen atoms in total. The Morgan fingerprint density at radius 1 is 1.44 bits per heavy atom. The fraction of sp³-hybridized carbons (Fsp3) is 0.231. The number of hydrogen-bond acceptors (Lipinski definition) is 3. The monoisotopic (exact) mass is 280 g/mol. The van der Waals surface area contributed by atoms with Crippen LogP contribution < -0.4 is 0 Å². The Bertz CT molecular complexity index is 553. The molecule has 1 aromatic heterocycles. The summed E-state index contributed by atoms with van der Waals surface area (Å²) >= 11 is 7.50. The molecule has 0 fully saturated rings. The maximum Gasteiger partial charge on any atom is 0.147 e. The lowest BCUT2D eigenvalue weighted by atomic mass is 10.2. The van der Waals surface area contributed by atoms with Crippen molar-refractivity contribution in [2.75, 3.05) is 5.75 Å². The number of thioether (sulfide) groups is 1. The molecular weight excluding hydrogens is 268 g/mol. The normalized spacial score (nSPS) is 10.6. The van der Waals surface area contributed by atoms with Gasteiger partial charge in [0.25, 0.3) is 0 Å². The van der Waals surface area contributed by atoms with Gasteiger partial charge in [-0.2, -0.15) is 5.10 Å². The Morgan fingerprint density at radius 2 is 2.22 bits per heavy atom. The van der Waals surface area contributed by atoms with E-state index in [-0.39, 0.29) is 5.78 Å². The highest BCUT2D eigenvalue weighted by Crippen LogP contribution is 2.26. The number of aryl methyl sites for hydroxylation is 1. The summed E-state index contributed by atoms with van der Waals surface area (Å²) in [6, 6.07) is 7.55. The van der Waals surface area contributed by atoms with E-state index in [2.05, 4.69) is 5.10 Å². The number of halogens is 1. The quantitative estimate of drug-likeness (QED) is 0.790. The van der Waals surface area contributed by atoms with Gasteiger partial charge in [-0.05, 0) is 17.7 Å². The third-order valence-electron chi connectivity index (χ3n) is 2.38. The number of hydrogen-bond donors (Lipinski definition) is 0. The zero-order valence-corrected chi connectivity index (χ0v) is 11.5. The lowest BCUT2D eigenvalue weighted by molar-refractivity contribution is -0.116. The van der Waals surface area contributed by atoms with Crippen molar-refractivity contribution in [2.24, 2.45) is 7.05 Å². The molecule has 0 spiro atoms. The SMILES string of the molecule is Cn1cc(CC(=O)CSc2ccccc2Cl)cn1. The van der Waals surface area contributed by atoms with Crippen LogP contribution in [0.1, 0.15) is 5.56 Å². The van der Waals surface area contributed by atoms with Crippen molar-refractivity contribution < 1.29 is 4.79 Å². The largest absolute Gasteiger partial charge is 0.298 e. The van der Waals surface area contributed by atoms with Crippen LogP contribution in [0.2, 0.25) is 5.02 Å². The van der Waals surface area contributed by atoms with Gasteiger partial charge < -0.3 is 0 Å². The minimum Gasteiger partial charge on any atom is -0.298 e. The molecule has 0 N–H and O–H groups in total. The van der Waals surface area contributed by atoms with Crippen LogP contribution in [-0.4, -0.2) is 21.3 Å². The summed E-state index contributed by atoms with van der Waals surface area (Å²) < 4.78 is 1.70. The average Bonchev–Trinajstić information content (AvgIpc) is 2.74. The zero-order valence-electron chi connectivity index (χ0n) is 9.97. The summed E-state index contributed by atoms with van der Waals surface area (Å²) in [5.74, 6) is 0.603. The zero-order chi connectivity index (χ0) is 13.0. The van der Waals surface area contributed by atoms with E-state index in [0.717, 1.165) is 10.5 Å². The van der Waals surface area contributed by atoms with Gasteiger partial charge in [0.05, 0.1) is 17.0 Å². The molecule has 0 aliphatic heterocycles. The molecule has 0 saturated heterocycles. The highest BCUT2D eigenvalue weighted by molar-refractivity contribution is 8.00. The summed E-state index contributed by atoms with van der Waals surface area (Å²) in [6.07, 6.45) is 4.00. The number of ketones is 1. The smallest absolute Gasteiger partial charge is 0.147 e. The predicted octanol–water partition coefficient (Wildman–Crippen LogP) is 2.98. The maximum atomic E-state index is 11.8. The molecule has 18 heavy (non-hydrogen) atoms. The number of nitrogens with zero attached hydrogens (tertiary/aromatic N) is 2. The third-order valence-corrected chi connectivity index (χ3v) is 3.96. The van der Waals surface area contributed by atoms with Crippen molar-refractivity contribution in [1.82, 2.24) is 9.78 Å². The molecule has 0 saturated carbocycles. The highest BCUT2D eigenvalue weighted by Gasteiger charge is 2.07. The first-order valence-electron chi connectivity index (χ1n) is 5.51. The average molecular weight is 281 g/mol. The van der Waals surface area contributed by atoms with E-state index in [4.69, 9.17) is 11.6 Å². The Kier molecular flexibility index (Phi) is 4.44. The van der Waals surface area contributed by atoms with E-state index >= 15 is 0 Å². The highest BCUT2D eigenvalue weighted by atomic mass is 35.5. The maximum absolute atomic E-state index is 11.8. The van der Waals surface area contributed by atoms with E-state index in [1.54, 1.807) is 10.9 Å². The summed E-state index contributed by atoms with van der Waals surface area (Å²) in [5.41, 5.74) is 0.947. The first kappa shape index (κ1) is 13.2. The van der Waals surface area contributed by atoms with Crippen molar-refractivity contribution in [1.29, 1.82) is 0 Å². The second kappa shape index (κ2) is 6.07. The third kappa shape index (κ3) is 3.62. The summed E-state index contributed by atoms with van der Waals surface area (Å²) in [6.45, 7) is 0. The van der Waals surface area contributed by atoms with Gasteiger partial charge in [0.15, 0.2) is 0 Å². The van der Waals surface area contributed by atoms with E-state index in [1.165, 1.54) is 11.8 Å². The Balaban J connectivity index is 1.87. The van der Waals surface area contributed by atoms with Crippen LogP contribution in [-0.2, 0) is 18.3 Å². The van der Waals surface area contributed by atoms with Gasteiger partial charge in [-0.15, -0.1) is 11.8 Å². The molecule has 5 heteroatoms. The van der Waals surface area contributed by atoms with Gasteiger partial charge in [0.1, 0.15) is 5.78 Å². The fourth-order valence-electron chi connectivity index (χ4n) is 1.56. The molecule has 0 aliphatic rings. The minimum absolute atomic E-state index is 0.174. The van der Waals surface area contributed by atoms with E-state index in [1.807, 2.05) is 37.5 Å². The van der Waals surface area contributed by atoms with Crippen LogP contribution in [0.3, 0.4) is 0 Å². The van der Waals surface area contributed by atoms with Crippen LogP contribution in [0.5, 0.6) is 0 Å². The summed E-state index contributed by atoms with van der Waals surface area (Å²) in [4.78, 5) is 12.7. The second-order valence-electron chi connectivity index (χ2n) is 3.96. The topological polar surface area (TPSA) is 34.9 Å². The van der Waals surface area contributed by atoms with Gasteiger partial charge in [-0.1, -0.05) is 23.7 Å². The van der Waals surface area contributed by atoms with Crippen LogP contribution in [0, 0.1) is 0 Å². The standard InChI is InChI=1S/C13H13ClN2OS/c1-16-8-10(7-15-16)6-11(17)9-18-13-5-3-2-4-12(13)14/h2-5,7-8H,6,9H2,1H3. The molecule has 94 valence electrons. The molecule has 0 atom stereocenters. The second-order valence-corrected chi connectivity index (χ2v) is 5.38. The van der Waals surface area contributed by atoms with Crippen LogP contribution in [0.15, 0.2) is 41.6 Å². The number of carbonyl (C=O) groups is 1. The van der Waals surface area contributed by atoms with Crippen LogP contribution >= 0.6 is 23.4 Å². The van der Waals surface area contributed by atoms with E-state index < -0.39 is 0 Å². The molecule has 2 rings (SSSR count). The van der Waals surface area contributed by atoms with Crippen molar-refractivity contribution >= 4 is 29.1 Å². The first-order chi connectivity index (χ1) is 8.65. The lowest BCUT2D eigenvalue weighted by Gasteiger charge is -2.02. The number of rotatable bonds is 5. The predicted molar refractivity (Wildman–Crippen MR) is 74.1 cm³/mol.